The highest BCUT2D eigenvalue weighted by Gasteiger charge is 2.09. The van der Waals surface area contributed by atoms with Crippen LogP contribution in [0.15, 0.2) is 30.3 Å². The van der Waals surface area contributed by atoms with E-state index < -0.39 is 0 Å². The smallest absolute Gasteiger partial charge is 0.165 e. The number of benzene rings is 1. The molecular weight excluding hydrogens is 237 g/mol. The average molecular weight is 251 g/mol. The van der Waals surface area contributed by atoms with Crippen molar-refractivity contribution in [3.05, 3.63) is 41.0 Å². The maximum absolute atomic E-state index is 13.6. The summed E-state index contributed by atoms with van der Waals surface area (Å²) in [5.74, 6) is -0.0848. The first-order valence-electron chi connectivity index (χ1n) is 5.31. The van der Waals surface area contributed by atoms with Crippen LogP contribution in [0.2, 0.25) is 0 Å². The summed E-state index contributed by atoms with van der Waals surface area (Å²) in [6, 6.07) is 8.92. The van der Waals surface area contributed by atoms with Crippen LogP contribution in [0.25, 0.3) is 10.4 Å². The minimum atomic E-state index is -0.347. The van der Waals surface area contributed by atoms with Crippen LogP contribution in [-0.4, -0.2) is 7.11 Å². The molecule has 1 aromatic heterocycles. The fourth-order valence-electron chi connectivity index (χ4n) is 1.57. The molecule has 2 N–H and O–H groups in total. The van der Waals surface area contributed by atoms with E-state index in [4.69, 9.17) is 10.5 Å². The lowest BCUT2D eigenvalue weighted by Gasteiger charge is -2.03. The maximum atomic E-state index is 13.6. The Morgan fingerprint density at radius 2 is 2.06 bits per heavy atom. The van der Waals surface area contributed by atoms with Crippen LogP contribution in [0.5, 0.6) is 5.75 Å². The monoisotopic (exact) mass is 251 g/mol. The molecule has 1 heterocycles. The van der Waals surface area contributed by atoms with E-state index in [1.54, 1.807) is 17.4 Å². The number of hydrogen-bond acceptors (Lipinski definition) is 3. The van der Waals surface area contributed by atoms with E-state index in [0.717, 1.165) is 15.3 Å². The van der Waals surface area contributed by atoms with Crippen molar-refractivity contribution >= 4 is 11.3 Å². The van der Waals surface area contributed by atoms with E-state index >= 15 is 0 Å². The van der Waals surface area contributed by atoms with Crippen molar-refractivity contribution in [1.29, 1.82) is 0 Å². The van der Waals surface area contributed by atoms with Gasteiger partial charge in [0.2, 0.25) is 0 Å². The third kappa shape index (κ3) is 2.48. The molecule has 1 aromatic carbocycles. The zero-order chi connectivity index (χ0) is 12.4. The molecule has 2 nitrogen and oxygen atoms in total. The van der Waals surface area contributed by atoms with Crippen LogP contribution in [0.1, 0.15) is 17.8 Å². The van der Waals surface area contributed by atoms with Gasteiger partial charge in [-0.15, -0.1) is 11.3 Å². The van der Waals surface area contributed by atoms with Crippen molar-refractivity contribution in [2.45, 2.75) is 13.0 Å². The van der Waals surface area contributed by atoms with Gasteiger partial charge in [-0.2, -0.15) is 0 Å². The lowest BCUT2D eigenvalue weighted by atomic mass is 10.1. The zero-order valence-electron chi connectivity index (χ0n) is 9.74. The largest absolute Gasteiger partial charge is 0.494 e. The van der Waals surface area contributed by atoms with Crippen LogP contribution in [0.3, 0.4) is 0 Å². The Hall–Kier alpha value is -1.39. The van der Waals surface area contributed by atoms with Crippen molar-refractivity contribution in [1.82, 2.24) is 0 Å². The Labute approximate surface area is 104 Å². The second-order valence-corrected chi connectivity index (χ2v) is 4.96. The third-order valence-corrected chi connectivity index (χ3v) is 3.85. The van der Waals surface area contributed by atoms with Crippen molar-refractivity contribution < 1.29 is 9.13 Å². The summed E-state index contributed by atoms with van der Waals surface area (Å²) in [6.07, 6.45) is 0. The van der Waals surface area contributed by atoms with Crippen LogP contribution in [0, 0.1) is 5.82 Å². The first-order chi connectivity index (χ1) is 8.11. The highest BCUT2D eigenvalue weighted by Crippen LogP contribution is 2.32. The molecule has 2 rings (SSSR count). The molecule has 17 heavy (non-hydrogen) atoms. The van der Waals surface area contributed by atoms with E-state index in [-0.39, 0.29) is 17.6 Å². The molecule has 0 saturated carbocycles. The number of rotatable bonds is 3. The molecule has 90 valence electrons. The highest BCUT2D eigenvalue weighted by atomic mass is 32.1. The predicted molar refractivity (Wildman–Crippen MR) is 68.9 cm³/mol. The molecule has 0 amide bonds. The molecule has 0 saturated heterocycles. The van der Waals surface area contributed by atoms with E-state index in [2.05, 4.69) is 0 Å². The Bertz CT molecular complexity index is 522. The van der Waals surface area contributed by atoms with Crippen LogP contribution in [0.4, 0.5) is 4.39 Å². The van der Waals surface area contributed by atoms with Gasteiger partial charge in [0.15, 0.2) is 11.6 Å². The predicted octanol–water partition coefficient (Wildman–Crippen LogP) is 3.58. The first kappa shape index (κ1) is 12.1. The maximum Gasteiger partial charge on any atom is 0.165 e. The number of hydrogen-bond donors (Lipinski definition) is 1. The fourth-order valence-corrected chi connectivity index (χ4v) is 2.53. The number of methoxy groups -OCH3 is 1. The number of nitrogens with two attached hydrogens (primary N) is 1. The standard InChI is InChI=1S/C13H14FNOS/c1-8(15)12-5-6-13(17-12)9-3-4-11(16-2)10(14)7-9/h3-8H,15H2,1-2H3. The van der Waals surface area contributed by atoms with Gasteiger partial charge in [-0.05, 0) is 42.8 Å². The Morgan fingerprint density at radius 1 is 1.29 bits per heavy atom. The van der Waals surface area contributed by atoms with Crippen molar-refractivity contribution in [3.63, 3.8) is 0 Å². The van der Waals surface area contributed by atoms with E-state index in [0.29, 0.717) is 0 Å². The molecule has 0 spiro atoms. The van der Waals surface area contributed by atoms with Gasteiger partial charge in [-0.3, -0.25) is 0 Å². The minimum absolute atomic E-state index is 0.0110. The summed E-state index contributed by atoms with van der Waals surface area (Å²) in [5.41, 5.74) is 6.64. The molecule has 0 bridgehead atoms. The topological polar surface area (TPSA) is 35.2 Å². The number of ether oxygens (including phenoxy) is 1. The normalized spacial score (nSPS) is 12.5. The van der Waals surface area contributed by atoms with Gasteiger partial charge in [0.05, 0.1) is 7.11 Å². The molecule has 0 fully saturated rings. The summed E-state index contributed by atoms with van der Waals surface area (Å²) < 4.78 is 18.4. The molecule has 1 unspecified atom stereocenters. The highest BCUT2D eigenvalue weighted by molar-refractivity contribution is 7.15. The summed E-state index contributed by atoms with van der Waals surface area (Å²) in [5, 5.41) is 0. The fraction of sp³-hybridized carbons (Fsp3) is 0.231. The Kier molecular flexibility index (Phi) is 3.45. The van der Waals surface area contributed by atoms with Gasteiger partial charge in [0, 0.05) is 15.8 Å². The SMILES string of the molecule is COc1ccc(-c2ccc(C(C)N)s2)cc1F. The molecule has 1 atom stereocenters. The second-order valence-electron chi connectivity index (χ2n) is 3.84. The quantitative estimate of drug-likeness (QED) is 0.904. The molecule has 0 aliphatic heterocycles. The van der Waals surface area contributed by atoms with Crippen molar-refractivity contribution in [3.8, 4) is 16.2 Å². The molecule has 0 aliphatic carbocycles. The van der Waals surface area contributed by atoms with E-state index in [9.17, 15) is 4.39 Å². The van der Waals surface area contributed by atoms with Gasteiger partial charge >= 0.3 is 0 Å². The number of thiophene rings is 1. The minimum Gasteiger partial charge on any atom is -0.494 e. The zero-order valence-corrected chi connectivity index (χ0v) is 10.6. The summed E-state index contributed by atoms with van der Waals surface area (Å²) >= 11 is 1.58. The van der Waals surface area contributed by atoms with Gasteiger partial charge < -0.3 is 10.5 Å². The molecular formula is C13H14FNOS. The van der Waals surface area contributed by atoms with Crippen LogP contribution in [-0.2, 0) is 0 Å². The van der Waals surface area contributed by atoms with Crippen molar-refractivity contribution in [2.24, 2.45) is 5.73 Å². The van der Waals surface area contributed by atoms with E-state index in [1.165, 1.54) is 13.2 Å². The molecule has 2 aromatic rings. The number of halogens is 1. The van der Waals surface area contributed by atoms with Gasteiger partial charge in [-0.1, -0.05) is 0 Å². The molecule has 0 radical (unpaired) electrons. The van der Waals surface area contributed by atoms with Gasteiger partial charge in [-0.25, -0.2) is 4.39 Å². The molecule has 4 heteroatoms. The lowest BCUT2D eigenvalue weighted by molar-refractivity contribution is 0.386. The summed E-state index contributed by atoms with van der Waals surface area (Å²) in [7, 11) is 1.46. The van der Waals surface area contributed by atoms with Crippen LogP contribution < -0.4 is 10.5 Å². The summed E-state index contributed by atoms with van der Waals surface area (Å²) in [6.45, 7) is 1.93. The first-order valence-corrected chi connectivity index (χ1v) is 6.12. The summed E-state index contributed by atoms with van der Waals surface area (Å²) in [4.78, 5) is 2.11. The van der Waals surface area contributed by atoms with Crippen molar-refractivity contribution in [2.75, 3.05) is 7.11 Å². The second kappa shape index (κ2) is 4.85. The molecule has 0 aliphatic rings. The van der Waals surface area contributed by atoms with E-state index in [1.807, 2.05) is 25.1 Å². The Balaban J connectivity index is 2.36. The van der Waals surface area contributed by atoms with Gasteiger partial charge in [0.1, 0.15) is 0 Å². The lowest BCUT2D eigenvalue weighted by Crippen LogP contribution is -2.01. The average Bonchev–Trinajstić information content (AvgIpc) is 2.78. The Morgan fingerprint density at radius 3 is 2.59 bits per heavy atom. The third-order valence-electron chi connectivity index (χ3n) is 2.51. The van der Waals surface area contributed by atoms with Gasteiger partial charge in [0.25, 0.3) is 0 Å². The van der Waals surface area contributed by atoms with Crippen LogP contribution >= 0.6 is 11.3 Å².